The van der Waals surface area contributed by atoms with Crippen LogP contribution in [0.15, 0.2) is 0 Å². The van der Waals surface area contributed by atoms with Gasteiger partial charge in [0.1, 0.15) is 12.1 Å². The first-order chi connectivity index (χ1) is 9.54. The average Bonchev–Trinajstić information content (AvgIpc) is 2.93. The summed E-state index contributed by atoms with van der Waals surface area (Å²) in [5, 5.41) is 2.57. The number of amides is 2. The number of carbonyl (C=O) groups is 3. The fraction of sp³-hybridized carbons (Fsp3) is 0.750. The Hall–Kier alpha value is -1.28. The quantitative estimate of drug-likeness (QED) is 0.428. The van der Waals surface area contributed by atoms with Crippen LogP contribution in [0.25, 0.3) is 0 Å². The molecule has 3 N–H and O–H groups in total. The summed E-state index contributed by atoms with van der Waals surface area (Å²) in [6.45, 7) is 0.797. The van der Waals surface area contributed by atoms with E-state index in [0.717, 1.165) is 6.42 Å². The molecule has 2 atom stereocenters. The Labute approximate surface area is 123 Å². The number of likely N-dealkylation sites (tertiary alicyclic amines) is 1. The molecule has 0 aromatic rings. The third-order valence-corrected chi connectivity index (χ3v) is 3.58. The lowest BCUT2D eigenvalue weighted by Crippen LogP contribution is -2.51. The molecule has 7 nitrogen and oxygen atoms in total. The van der Waals surface area contributed by atoms with Gasteiger partial charge in [-0.25, -0.2) is 4.79 Å². The Bertz CT molecular complexity index is 378. The summed E-state index contributed by atoms with van der Waals surface area (Å²) in [6.07, 6.45) is 1.57. The number of methoxy groups -OCH3 is 1. The Morgan fingerprint density at radius 3 is 2.75 bits per heavy atom. The smallest absolute Gasteiger partial charge is 0.329 e. The van der Waals surface area contributed by atoms with Gasteiger partial charge >= 0.3 is 5.97 Å². The fourth-order valence-electron chi connectivity index (χ4n) is 2.19. The van der Waals surface area contributed by atoms with Gasteiger partial charge in [0, 0.05) is 25.3 Å². The number of carbonyl (C=O) groups excluding carboxylic acids is 3. The van der Waals surface area contributed by atoms with E-state index in [0.29, 0.717) is 13.0 Å². The van der Waals surface area contributed by atoms with E-state index in [9.17, 15) is 14.4 Å². The van der Waals surface area contributed by atoms with Gasteiger partial charge in [0.25, 0.3) is 0 Å². The number of nitrogens with two attached hydrogens (primary N) is 1. The predicted molar refractivity (Wildman–Crippen MR) is 76.2 cm³/mol. The first-order valence-corrected chi connectivity index (χ1v) is 7.17. The standard InChI is InChI=1S/C12H21N3O4S/c1-19-12(18)8(7-20)14-11(17)9-3-2-6-15(9)10(16)4-5-13/h8-9,20H,2-7,13H2,1H3,(H,14,17)/t8-,9-/m0/s1. The molecule has 8 heteroatoms. The van der Waals surface area contributed by atoms with Crippen LogP contribution in [0.1, 0.15) is 19.3 Å². The van der Waals surface area contributed by atoms with Crippen molar-refractivity contribution in [3.63, 3.8) is 0 Å². The van der Waals surface area contributed by atoms with Gasteiger partial charge in [-0.15, -0.1) is 0 Å². The third kappa shape index (κ3) is 4.11. The van der Waals surface area contributed by atoms with E-state index < -0.39 is 18.1 Å². The molecule has 0 aromatic heterocycles. The van der Waals surface area contributed by atoms with E-state index in [4.69, 9.17) is 5.73 Å². The van der Waals surface area contributed by atoms with Crippen LogP contribution in [0.2, 0.25) is 0 Å². The SMILES string of the molecule is COC(=O)[C@H](CS)NC(=O)[C@@H]1CCCN1C(=O)CCN. The van der Waals surface area contributed by atoms with Gasteiger partial charge in [-0.3, -0.25) is 9.59 Å². The van der Waals surface area contributed by atoms with Gasteiger partial charge < -0.3 is 20.7 Å². The number of hydrogen-bond acceptors (Lipinski definition) is 6. The van der Waals surface area contributed by atoms with Gasteiger partial charge in [0.2, 0.25) is 11.8 Å². The number of esters is 1. The van der Waals surface area contributed by atoms with Crippen LogP contribution < -0.4 is 11.1 Å². The van der Waals surface area contributed by atoms with Crippen LogP contribution in [0, 0.1) is 0 Å². The zero-order valence-electron chi connectivity index (χ0n) is 11.5. The van der Waals surface area contributed by atoms with Crippen LogP contribution in [0.5, 0.6) is 0 Å². The summed E-state index contributed by atoms with van der Waals surface area (Å²) < 4.78 is 4.58. The van der Waals surface area contributed by atoms with E-state index in [-0.39, 0.29) is 30.5 Å². The summed E-state index contributed by atoms with van der Waals surface area (Å²) >= 11 is 4.01. The molecule has 1 saturated heterocycles. The highest BCUT2D eigenvalue weighted by Gasteiger charge is 2.35. The summed E-state index contributed by atoms with van der Waals surface area (Å²) in [5.74, 6) is -0.892. The highest BCUT2D eigenvalue weighted by molar-refractivity contribution is 7.80. The molecule has 1 fully saturated rings. The highest BCUT2D eigenvalue weighted by Crippen LogP contribution is 2.18. The molecule has 0 unspecified atom stereocenters. The van der Waals surface area contributed by atoms with Crippen molar-refractivity contribution >= 4 is 30.4 Å². The van der Waals surface area contributed by atoms with Crippen molar-refractivity contribution in [3.05, 3.63) is 0 Å². The molecule has 0 spiro atoms. The summed E-state index contributed by atoms with van der Waals surface area (Å²) in [7, 11) is 1.25. The monoisotopic (exact) mass is 303 g/mol. The van der Waals surface area contributed by atoms with Crippen LogP contribution in [-0.4, -0.2) is 60.7 Å². The lowest BCUT2D eigenvalue weighted by molar-refractivity contribution is -0.145. The van der Waals surface area contributed by atoms with E-state index in [2.05, 4.69) is 22.7 Å². The van der Waals surface area contributed by atoms with Crippen molar-refractivity contribution in [2.45, 2.75) is 31.3 Å². The Kier molecular flexibility index (Phi) is 6.80. The summed E-state index contributed by atoms with van der Waals surface area (Å²) in [4.78, 5) is 37.0. The second-order valence-corrected chi connectivity index (χ2v) is 4.92. The number of nitrogens with one attached hydrogen (secondary N) is 1. The molecule has 0 aromatic carbocycles. The van der Waals surface area contributed by atoms with Gasteiger partial charge in [-0.2, -0.15) is 12.6 Å². The molecule has 114 valence electrons. The normalized spacial score (nSPS) is 19.6. The summed E-state index contributed by atoms with van der Waals surface area (Å²) in [5.41, 5.74) is 5.36. The Morgan fingerprint density at radius 1 is 1.50 bits per heavy atom. The molecule has 1 rings (SSSR count). The molecular weight excluding hydrogens is 282 g/mol. The Morgan fingerprint density at radius 2 is 2.20 bits per heavy atom. The maximum absolute atomic E-state index is 12.2. The van der Waals surface area contributed by atoms with E-state index in [1.54, 1.807) is 0 Å². The minimum atomic E-state index is -0.803. The lowest BCUT2D eigenvalue weighted by Gasteiger charge is -2.25. The molecule has 0 aliphatic carbocycles. The minimum Gasteiger partial charge on any atom is -0.467 e. The van der Waals surface area contributed by atoms with Crippen molar-refractivity contribution in [3.8, 4) is 0 Å². The predicted octanol–water partition coefficient (Wildman–Crippen LogP) is -1.09. The summed E-state index contributed by atoms with van der Waals surface area (Å²) in [6, 6.07) is -1.34. The minimum absolute atomic E-state index is 0.134. The molecular formula is C12H21N3O4S. The second-order valence-electron chi connectivity index (χ2n) is 4.55. The molecule has 1 heterocycles. The van der Waals surface area contributed by atoms with Gasteiger partial charge in [0.15, 0.2) is 0 Å². The van der Waals surface area contributed by atoms with Crippen LogP contribution in [0.3, 0.4) is 0 Å². The molecule has 0 bridgehead atoms. The first-order valence-electron chi connectivity index (χ1n) is 6.53. The number of ether oxygens (including phenoxy) is 1. The van der Waals surface area contributed by atoms with Gasteiger partial charge in [-0.1, -0.05) is 0 Å². The number of hydrogen-bond donors (Lipinski definition) is 3. The van der Waals surface area contributed by atoms with E-state index in [1.165, 1.54) is 12.0 Å². The van der Waals surface area contributed by atoms with Crippen molar-refractivity contribution in [2.24, 2.45) is 5.73 Å². The number of rotatable bonds is 6. The van der Waals surface area contributed by atoms with Crippen molar-refractivity contribution < 1.29 is 19.1 Å². The molecule has 2 amide bonds. The zero-order chi connectivity index (χ0) is 15.1. The van der Waals surface area contributed by atoms with E-state index >= 15 is 0 Å². The third-order valence-electron chi connectivity index (χ3n) is 3.22. The largest absolute Gasteiger partial charge is 0.467 e. The number of thiol groups is 1. The molecule has 0 radical (unpaired) electrons. The zero-order valence-corrected chi connectivity index (χ0v) is 12.4. The fourth-order valence-corrected chi connectivity index (χ4v) is 2.43. The van der Waals surface area contributed by atoms with Gasteiger partial charge in [0.05, 0.1) is 7.11 Å². The van der Waals surface area contributed by atoms with Crippen molar-refractivity contribution in [1.29, 1.82) is 0 Å². The molecule has 1 aliphatic rings. The van der Waals surface area contributed by atoms with Crippen LogP contribution in [0.4, 0.5) is 0 Å². The van der Waals surface area contributed by atoms with E-state index in [1.807, 2.05) is 0 Å². The first kappa shape index (κ1) is 16.8. The van der Waals surface area contributed by atoms with Crippen LogP contribution >= 0.6 is 12.6 Å². The second kappa shape index (κ2) is 8.11. The highest BCUT2D eigenvalue weighted by atomic mass is 32.1. The topological polar surface area (TPSA) is 102 Å². The lowest BCUT2D eigenvalue weighted by atomic mass is 10.2. The average molecular weight is 303 g/mol. The molecule has 0 saturated carbocycles. The van der Waals surface area contributed by atoms with Crippen LogP contribution in [-0.2, 0) is 19.1 Å². The molecule has 20 heavy (non-hydrogen) atoms. The maximum atomic E-state index is 12.2. The number of nitrogens with zero attached hydrogens (tertiary/aromatic N) is 1. The van der Waals surface area contributed by atoms with Gasteiger partial charge in [-0.05, 0) is 12.8 Å². The Balaban J connectivity index is 2.65. The van der Waals surface area contributed by atoms with Crippen molar-refractivity contribution in [1.82, 2.24) is 10.2 Å². The molecule has 1 aliphatic heterocycles. The van der Waals surface area contributed by atoms with Crippen molar-refractivity contribution in [2.75, 3.05) is 26.0 Å². The maximum Gasteiger partial charge on any atom is 0.329 e.